The topological polar surface area (TPSA) is 134 Å². The molecule has 3 N–H and O–H groups in total. The van der Waals surface area contributed by atoms with E-state index < -0.39 is 17.7 Å². The Balaban J connectivity index is 1.70. The molecule has 180 valence electrons. The number of aliphatic hydroxyl groups is 1. The summed E-state index contributed by atoms with van der Waals surface area (Å²) in [5, 5.41) is 29.7. The molecule has 4 rings (SSSR count). The first-order chi connectivity index (χ1) is 16.7. The van der Waals surface area contributed by atoms with Crippen LogP contribution in [0.4, 0.5) is 15.8 Å². The summed E-state index contributed by atoms with van der Waals surface area (Å²) in [6.07, 6.45) is 6.43. The highest BCUT2D eigenvalue weighted by Gasteiger charge is 2.27. The number of rotatable bonds is 8. The molecule has 0 aliphatic rings. The van der Waals surface area contributed by atoms with Crippen molar-refractivity contribution >= 4 is 28.3 Å². The molecule has 0 saturated carbocycles. The van der Waals surface area contributed by atoms with Gasteiger partial charge >= 0.3 is 0 Å². The number of alkyl halides is 1. The minimum atomic E-state index is -1.64. The number of nitrogens with one attached hydrogen (secondary N) is 2. The maximum Gasteiger partial charge on any atom is 0.255 e. The standard InChI is InChI=1S/C24H25FN8O2/c1-4-32-14-17(11-30-32)31-19-8-21(33-6-5-16-7-15(9-26)10-28-22(16)33)27-12-18(19)23(34)29-13-20(25)24(2,3)35/h5-8,10-12,14,20,35H,4,13H2,1-3H3,(H,27,31)(H,29,34)/t20-/m1/s1. The number of carbonyl (C=O) groups is 1. The summed E-state index contributed by atoms with van der Waals surface area (Å²) in [5.41, 5.74) is 0.743. The van der Waals surface area contributed by atoms with Crippen LogP contribution in [0.3, 0.4) is 0 Å². The molecule has 11 heteroatoms. The van der Waals surface area contributed by atoms with Crippen LogP contribution in [0.2, 0.25) is 0 Å². The molecule has 1 amide bonds. The van der Waals surface area contributed by atoms with Crippen molar-refractivity contribution in [1.82, 2.24) is 29.6 Å². The van der Waals surface area contributed by atoms with E-state index in [2.05, 4.69) is 31.8 Å². The maximum absolute atomic E-state index is 14.2. The van der Waals surface area contributed by atoms with E-state index in [9.17, 15) is 14.3 Å². The molecule has 0 unspecified atom stereocenters. The van der Waals surface area contributed by atoms with Crippen molar-refractivity contribution < 1.29 is 14.3 Å². The lowest BCUT2D eigenvalue weighted by molar-refractivity contribution is -0.00177. The Morgan fingerprint density at radius 2 is 2.09 bits per heavy atom. The van der Waals surface area contributed by atoms with Gasteiger partial charge in [-0.15, -0.1) is 0 Å². The number of hydrogen-bond donors (Lipinski definition) is 3. The van der Waals surface area contributed by atoms with Crippen molar-refractivity contribution in [2.75, 3.05) is 11.9 Å². The quantitative estimate of drug-likeness (QED) is 0.356. The molecule has 0 fully saturated rings. The van der Waals surface area contributed by atoms with E-state index in [1.165, 1.54) is 26.2 Å². The second-order valence-corrected chi connectivity index (χ2v) is 8.56. The number of nitriles is 1. The van der Waals surface area contributed by atoms with Gasteiger partial charge in [-0.2, -0.15) is 10.4 Å². The molecule has 0 aliphatic carbocycles. The maximum atomic E-state index is 14.2. The summed E-state index contributed by atoms with van der Waals surface area (Å²) < 4.78 is 17.7. The van der Waals surface area contributed by atoms with Crippen LogP contribution in [0.15, 0.2) is 49.2 Å². The third-order valence-corrected chi connectivity index (χ3v) is 5.48. The third-order valence-electron chi connectivity index (χ3n) is 5.48. The van der Waals surface area contributed by atoms with Crippen molar-refractivity contribution in [3.63, 3.8) is 0 Å². The van der Waals surface area contributed by atoms with Gasteiger partial charge in [0, 0.05) is 42.8 Å². The number of amides is 1. The highest BCUT2D eigenvalue weighted by Crippen LogP contribution is 2.25. The first kappa shape index (κ1) is 23.8. The van der Waals surface area contributed by atoms with E-state index >= 15 is 0 Å². The number of aryl methyl sites for hydroxylation is 1. The van der Waals surface area contributed by atoms with Crippen molar-refractivity contribution in [3.05, 3.63) is 60.3 Å². The van der Waals surface area contributed by atoms with Gasteiger partial charge < -0.3 is 15.7 Å². The van der Waals surface area contributed by atoms with Crippen LogP contribution >= 0.6 is 0 Å². The average molecular weight is 477 g/mol. The number of anilines is 2. The van der Waals surface area contributed by atoms with Gasteiger partial charge in [0.05, 0.1) is 40.8 Å². The Kier molecular flexibility index (Phi) is 6.48. The van der Waals surface area contributed by atoms with Crippen molar-refractivity contribution in [2.24, 2.45) is 0 Å². The van der Waals surface area contributed by atoms with Gasteiger partial charge in [-0.3, -0.25) is 14.0 Å². The first-order valence-electron chi connectivity index (χ1n) is 11.0. The molecule has 4 aromatic rings. The fraction of sp³-hybridized carbons (Fsp3) is 0.292. The van der Waals surface area contributed by atoms with Crippen LogP contribution in [0, 0.1) is 11.3 Å². The molecule has 4 heterocycles. The van der Waals surface area contributed by atoms with Gasteiger partial charge in [0.1, 0.15) is 23.7 Å². The summed E-state index contributed by atoms with van der Waals surface area (Å²) in [5.74, 6) is -0.0607. The van der Waals surface area contributed by atoms with Crippen LogP contribution in [-0.4, -0.2) is 53.6 Å². The number of carbonyl (C=O) groups excluding carboxylic acids is 1. The number of pyridine rings is 2. The summed E-state index contributed by atoms with van der Waals surface area (Å²) in [7, 11) is 0. The van der Waals surface area contributed by atoms with E-state index in [-0.39, 0.29) is 12.1 Å². The van der Waals surface area contributed by atoms with Gasteiger partial charge in [-0.05, 0) is 32.9 Å². The fourth-order valence-corrected chi connectivity index (χ4v) is 3.41. The van der Waals surface area contributed by atoms with Gasteiger partial charge in [0.25, 0.3) is 5.91 Å². The zero-order valence-corrected chi connectivity index (χ0v) is 19.5. The minimum absolute atomic E-state index is 0.192. The second-order valence-electron chi connectivity index (χ2n) is 8.56. The van der Waals surface area contributed by atoms with E-state index in [0.29, 0.717) is 34.9 Å². The number of hydrogen-bond acceptors (Lipinski definition) is 7. The van der Waals surface area contributed by atoms with Crippen LogP contribution in [0.25, 0.3) is 16.9 Å². The summed E-state index contributed by atoms with van der Waals surface area (Å²) in [6, 6.07) is 7.30. The molecule has 4 aromatic heterocycles. The Labute approximate surface area is 201 Å². The SMILES string of the molecule is CCn1cc(Nc2cc(-n3ccc4cc(C#N)cnc43)ncc2C(=O)NC[C@@H](F)C(C)(C)O)cn1. The van der Waals surface area contributed by atoms with E-state index in [4.69, 9.17) is 5.26 Å². The van der Waals surface area contributed by atoms with Crippen molar-refractivity contribution in [3.8, 4) is 11.9 Å². The smallest absolute Gasteiger partial charge is 0.255 e. The molecule has 0 saturated heterocycles. The fourth-order valence-electron chi connectivity index (χ4n) is 3.41. The Morgan fingerprint density at radius 1 is 1.29 bits per heavy atom. The number of nitrogens with zero attached hydrogens (tertiary/aromatic N) is 6. The molecule has 0 aromatic carbocycles. The normalized spacial score (nSPS) is 12.3. The third kappa shape index (κ3) is 5.12. The molecule has 0 bridgehead atoms. The second kappa shape index (κ2) is 9.52. The Morgan fingerprint density at radius 3 is 2.77 bits per heavy atom. The van der Waals surface area contributed by atoms with E-state index in [0.717, 1.165) is 5.39 Å². The van der Waals surface area contributed by atoms with Gasteiger partial charge in [0.2, 0.25) is 0 Å². The van der Waals surface area contributed by atoms with E-state index in [1.807, 2.05) is 13.0 Å². The van der Waals surface area contributed by atoms with Crippen LogP contribution in [0.5, 0.6) is 0 Å². The number of halogens is 1. The molecule has 0 spiro atoms. The monoisotopic (exact) mass is 476 g/mol. The van der Waals surface area contributed by atoms with Crippen LogP contribution < -0.4 is 10.6 Å². The van der Waals surface area contributed by atoms with Crippen molar-refractivity contribution in [1.29, 1.82) is 5.26 Å². The molecular formula is C24H25FN8O2. The van der Waals surface area contributed by atoms with Gasteiger partial charge in [0.15, 0.2) is 0 Å². The Hall–Kier alpha value is -4.30. The predicted molar refractivity (Wildman–Crippen MR) is 128 cm³/mol. The predicted octanol–water partition coefficient (Wildman–Crippen LogP) is 3.09. The summed E-state index contributed by atoms with van der Waals surface area (Å²) >= 11 is 0. The molecular weight excluding hydrogens is 451 g/mol. The largest absolute Gasteiger partial charge is 0.387 e. The first-order valence-corrected chi connectivity index (χ1v) is 11.0. The minimum Gasteiger partial charge on any atom is -0.387 e. The van der Waals surface area contributed by atoms with Crippen molar-refractivity contribution in [2.45, 2.75) is 39.1 Å². The lowest BCUT2D eigenvalue weighted by Gasteiger charge is -2.22. The molecule has 35 heavy (non-hydrogen) atoms. The van der Waals surface area contributed by atoms with E-state index in [1.54, 1.807) is 40.0 Å². The molecule has 10 nitrogen and oxygen atoms in total. The number of aromatic nitrogens is 5. The molecule has 1 atom stereocenters. The zero-order valence-electron chi connectivity index (χ0n) is 19.5. The number of fused-ring (bicyclic) bond motifs is 1. The highest BCUT2D eigenvalue weighted by atomic mass is 19.1. The van der Waals surface area contributed by atoms with Gasteiger partial charge in [-0.25, -0.2) is 14.4 Å². The lowest BCUT2D eigenvalue weighted by atomic mass is 10.0. The molecule has 0 aliphatic heterocycles. The molecule has 0 radical (unpaired) electrons. The summed E-state index contributed by atoms with van der Waals surface area (Å²) in [6.45, 7) is 4.96. The van der Waals surface area contributed by atoms with Gasteiger partial charge in [-0.1, -0.05) is 0 Å². The Bertz CT molecular complexity index is 1410. The zero-order chi connectivity index (χ0) is 25.2. The van der Waals surface area contributed by atoms with Crippen LogP contribution in [0.1, 0.15) is 36.7 Å². The summed E-state index contributed by atoms with van der Waals surface area (Å²) in [4.78, 5) is 21.7. The average Bonchev–Trinajstić information content (AvgIpc) is 3.47. The highest BCUT2D eigenvalue weighted by molar-refractivity contribution is 6.00. The van der Waals surface area contributed by atoms with Crippen LogP contribution in [-0.2, 0) is 6.54 Å². The lowest BCUT2D eigenvalue weighted by Crippen LogP contribution is -2.42.